The van der Waals surface area contributed by atoms with E-state index in [0.29, 0.717) is 0 Å². The van der Waals surface area contributed by atoms with Crippen LogP contribution in [-0.4, -0.2) is 4.98 Å². The molecule has 2 aromatic rings. The quantitative estimate of drug-likeness (QED) is 0.903. The van der Waals surface area contributed by atoms with E-state index in [1.165, 1.54) is 5.56 Å². The molecule has 17 heavy (non-hydrogen) atoms. The molecule has 1 aromatic carbocycles. The molecule has 0 amide bonds. The molecule has 2 rings (SSSR count). The van der Waals surface area contributed by atoms with Crippen LogP contribution < -0.4 is 5.32 Å². The summed E-state index contributed by atoms with van der Waals surface area (Å²) in [7, 11) is 0. The molecule has 0 aliphatic heterocycles. The maximum Gasteiger partial charge on any atom is 0.133 e. The molecule has 88 valence electrons. The molecule has 2 nitrogen and oxygen atoms in total. The number of anilines is 2. The van der Waals surface area contributed by atoms with Crippen molar-refractivity contribution in [3.05, 3.63) is 52.1 Å². The lowest BCUT2D eigenvalue weighted by molar-refractivity contribution is 1.13. The van der Waals surface area contributed by atoms with Crippen LogP contribution in [0.4, 0.5) is 11.5 Å². The molecule has 1 heterocycles. The van der Waals surface area contributed by atoms with Gasteiger partial charge in [0.15, 0.2) is 0 Å². The number of aromatic nitrogens is 1. The number of halogens is 1. The summed E-state index contributed by atoms with van der Waals surface area (Å²) in [6.07, 6.45) is 2.82. The van der Waals surface area contributed by atoms with E-state index in [1.54, 1.807) is 0 Å². The number of aryl methyl sites for hydroxylation is 2. The van der Waals surface area contributed by atoms with Crippen molar-refractivity contribution in [1.82, 2.24) is 4.98 Å². The van der Waals surface area contributed by atoms with Crippen LogP contribution in [0.25, 0.3) is 0 Å². The van der Waals surface area contributed by atoms with Crippen LogP contribution in [0.3, 0.4) is 0 Å². The first kappa shape index (κ1) is 12.1. The van der Waals surface area contributed by atoms with E-state index < -0.39 is 0 Å². The SMILES string of the molecule is CCc1ccccc1Nc1ncc(Br)cc1C. The zero-order valence-electron chi connectivity index (χ0n) is 10.00. The number of nitrogens with zero attached hydrogens (tertiary/aromatic N) is 1. The molecule has 0 saturated heterocycles. The van der Waals surface area contributed by atoms with Gasteiger partial charge in [0, 0.05) is 16.4 Å². The minimum atomic E-state index is 0.911. The molecule has 0 saturated carbocycles. The van der Waals surface area contributed by atoms with Crippen molar-refractivity contribution in [2.24, 2.45) is 0 Å². The topological polar surface area (TPSA) is 24.9 Å². The Bertz CT molecular complexity index is 523. The fourth-order valence-corrected chi connectivity index (χ4v) is 2.20. The average molecular weight is 291 g/mol. The van der Waals surface area contributed by atoms with Crippen LogP contribution in [-0.2, 0) is 6.42 Å². The lowest BCUT2D eigenvalue weighted by Crippen LogP contribution is -1.99. The first-order valence-corrected chi connectivity index (χ1v) is 6.47. The van der Waals surface area contributed by atoms with Crippen molar-refractivity contribution in [3.63, 3.8) is 0 Å². The molecular formula is C14H15BrN2. The fraction of sp³-hybridized carbons (Fsp3) is 0.214. The van der Waals surface area contributed by atoms with Crippen LogP contribution in [0.2, 0.25) is 0 Å². The number of hydrogen-bond donors (Lipinski definition) is 1. The Labute approximate surface area is 110 Å². The molecule has 0 unspecified atom stereocenters. The zero-order valence-corrected chi connectivity index (χ0v) is 11.6. The Morgan fingerprint density at radius 3 is 2.76 bits per heavy atom. The summed E-state index contributed by atoms with van der Waals surface area (Å²) in [5.74, 6) is 0.911. The lowest BCUT2D eigenvalue weighted by atomic mass is 10.1. The van der Waals surface area contributed by atoms with E-state index in [9.17, 15) is 0 Å². The minimum absolute atomic E-state index is 0.911. The van der Waals surface area contributed by atoms with Gasteiger partial charge in [-0.05, 0) is 52.5 Å². The molecule has 0 radical (unpaired) electrons. The van der Waals surface area contributed by atoms with Gasteiger partial charge in [-0.3, -0.25) is 0 Å². The first-order chi connectivity index (χ1) is 8.20. The van der Waals surface area contributed by atoms with Crippen molar-refractivity contribution in [2.45, 2.75) is 20.3 Å². The van der Waals surface area contributed by atoms with Crippen LogP contribution >= 0.6 is 15.9 Å². The van der Waals surface area contributed by atoms with E-state index in [2.05, 4.69) is 64.3 Å². The van der Waals surface area contributed by atoms with E-state index in [-0.39, 0.29) is 0 Å². The standard InChI is InChI=1S/C14H15BrN2/c1-3-11-6-4-5-7-13(11)17-14-10(2)8-12(15)9-16-14/h4-9H,3H2,1-2H3,(H,16,17). The lowest BCUT2D eigenvalue weighted by Gasteiger charge is -2.12. The smallest absolute Gasteiger partial charge is 0.133 e. The maximum atomic E-state index is 4.39. The number of hydrogen-bond acceptors (Lipinski definition) is 2. The van der Waals surface area contributed by atoms with Crippen molar-refractivity contribution >= 4 is 27.4 Å². The van der Waals surface area contributed by atoms with Crippen molar-refractivity contribution in [2.75, 3.05) is 5.32 Å². The van der Waals surface area contributed by atoms with Crippen LogP contribution in [0, 0.1) is 6.92 Å². The third kappa shape index (κ3) is 2.86. The monoisotopic (exact) mass is 290 g/mol. The van der Waals surface area contributed by atoms with Crippen LogP contribution in [0.15, 0.2) is 41.0 Å². The highest BCUT2D eigenvalue weighted by Crippen LogP contribution is 2.23. The number of benzene rings is 1. The zero-order chi connectivity index (χ0) is 12.3. The molecule has 0 spiro atoms. The van der Waals surface area contributed by atoms with E-state index in [1.807, 2.05) is 12.3 Å². The summed E-state index contributed by atoms with van der Waals surface area (Å²) in [4.78, 5) is 4.39. The number of pyridine rings is 1. The van der Waals surface area contributed by atoms with Crippen LogP contribution in [0.1, 0.15) is 18.1 Å². The summed E-state index contributed by atoms with van der Waals surface area (Å²) in [6.45, 7) is 4.21. The first-order valence-electron chi connectivity index (χ1n) is 5.67. The summed E-state index contributed by atoms with van der Waals surface area (Å²) in [5.41, 5.74) is 3.56. The predicted molar refractivity (Wildman–Crippen MR) is 75.8 cm³/mol. The van der Waals surface area contributed by atoms with Gasteiger partial charge >= 0.3 is 0 Å². The summed E-state index contributed by atoms with van der Waals surface area (Å²) < 4.78 is 1.00. The Hall–Kier alpha value is -1.35. The molecule has 0 atom stereocenters. The largest absolute Gasteiger partial charge is 0.340 e. The van der Waals surface area contributed by atoms with Crippen LogP contribution in [0.5, 0.6) is 0 Å². The summed E-state index contributed by atoms with van der Waals surface area (Å²) in [6, 6.07) is 10.4. The maximum absolute atomic E-state index is 4.39. The van der Waals surface area contributed by atoms with Crippen molar-refractivity contribution in [3.8, 4) is 0 Å². The van der Waals surface area contributed by atoms with Gasteiger partial charge in [-0.2, -0.15) is 0 Å². The second kappa shape index (κ2) is 5.32. The molecule has 1 N–H and O–H groups in total. The second-order valence-electron chi connectivity index (χ2n) is 3.95. The second-order valence-corrected chi connectivity index (χ2v) is 4.87. The highest BCUT2D eigenvalue weighted by molar-refractivity contribution is 9.10. The highest BCUT2D eigenvalue weighted by atomic mass is 79.9. The summed E-state index contributed by atoms with van der Waals surface area (Å²) in [5, 5.41) is 3.39. The minimum Gasteiger partial charge on any atom is -0.340 e. The molecule has 0 aliphatic carbocycles. The van der Waals surface area contributed by atoms with Gasteiger partial charge < -0.3 is 5.32 Å². The van der Waals surface area contributed by atoms with Gasteiger partial charge in [-0.25, -0.2) is 4.98 Å². The third-order valence-corrected chi connectivity index (χ3v) is 3.13. The Kier molecular flexibility index (Phi) is 3.79. The van der Waals surface area contributed by atoms with Crippen molar-refractivity contribution < 1.29 is 0 Å². The van der Waals surface area contributed by atoms with Gasteiger partial charge in [0.25, 0.3) is 0 Å². The van der Waals surface area contributed by atoms with Gasteiger partial charge in [0.2, 0.25) is 0 Å². The third-order valence-electron chi connectivity index (χ3n) is 2.70. The number of rotatable bonds is 3. The molecule has 3 heteroatoms. The Morgan fingerprint density at radius 2 is 2.06 bits per heavy atom. The summed E-state index contributed by atoms with van der Waals surface area (Å²) >= 11 is 3.42. The molecule has 0 bridgehead atoms. The van der Waals surface area contributed by atoms with Gasteiger partial charge in [0.05, 0.1) is 0 Å². The van der Waals surface area contributed by atoms with Gasteiger partial charge in [0.1, 0.15) is 5.82 Å². The highest BCUT2D eigenvalue weighted by Gasteiger charge is 2.04. The van der Waals surface area contributed by atoms with E-state index >= 15 is 0 Å². The molecule has 1 aromatic heterocycles. The van der Waals surface area contributed by atoms with E-state index in [0.717, 1.165) is 28.0 Å². The van der Waals surface area contributed by atoms with Gasteiger partial charge in [-0.15, -0.1) is 0 Å². The number of para-hydroxylation sites is 1. The predicted octanol–water partition coefficient (Wildman–Crippen LogP) is 4.46. The normalized spacial score (nSPS) is 10.3. The molecule has 0 fully saturated rings. The Balaban J connectivity index is 2.31. The average Bonchev–Trinajstić information content (AvgIpc) is 2.33. The fourth-order valence-electron chi connectivity index (χ4n) is 1.75. The Morgan fingerprint density at radius 1 is 1.29 bits per heavy atom. The molecule has 0 aliphatic rings. The number of nitrogens with one attached hydrogen (secondary N) is 1. The van der Waals surface area contributed by atoms with E-state index in [4.69, 9.17) is 0 Å². The van der Waals surface area contributed by atoms with Crippen molar-refractivity contribution in [1.29, 1.82) is 0 Å². The van der Waals surface area contributed by atoms with Gasteiger partial charge in [-0.1, -0.05) is 25.1 Å². The molecular weight excluding hydrogens is 276 g/mol.